The fourth-order valence-electron chi connectivity index (χ4n) is 4.52. The van der Waals surface area contributed by atoms with Crippen molar-refractivity contribution in [1.29, 1.82) is 0 Å². The molecule has 0 radical (unpaired) electrons. The Morgan fingerprint density at radius 2 is 1.70 bits per heavy atom. The smallest absolute Gasteiger partial charge is 0.410 e. The van der Waals surface area contributed by atoms with Gasteiger partial charge >= 0.3 is 6.09 Å². The summed E-state index contributed by atoms with van der Waals surface area (Å²) in [4.78, 5) is 25.8. The van der Waals surface area contributed by atoms with Crippen molar-refractivity contribution >= 4 is 28.5 Å². The molecule has 2 heterocycles. The quantitative estimate of drug-likeness (QED) is 0.482. The highest BCUT2D eigenvalue weighted by Gasteiger charge is 2.28. The lowest BCUT2D eigenvalue weighted by atomic mass is 9.94. The van der Waals surface area contributed by atoms with Gasteiger partial charge < -0.3 is 29.1 Å². The number of fused-ring (bicyclic) bond motifs is 1. The van der Waals surface area contributed by atoms with Gasteiger partial charge in [-0.2, -0.15) is 0 Å². The first-order valence-electron chi connectivity index (χ1n) is 12.6. The van der Waals surface area contributed by atoms with Gasteiger partial charge in [-0.15, -0.1) is 0 Å². The Labute approximate surface area is 218 Å². The van der Waals surface area contributed by atoms with Gasteiger partial charge in [0.1, 0.15) is 17.1 Å². The first kappa shape index (κ1) is 26.5. The van der Waals surface area contributed by atoms with Gasteiger partial charge in [-0.1, -0.05) is 0 Å². The molecule has 1 aromatic heterocycles. The van der Waals surface area contributed by atoms with Crippen LogP contribution in [0.2, 0.25) is 0 Å². The molecule has 0 unspecified atom stereocenters. The molecule has 1 fully saturated rings. The standard InChI is InChI=1S/C28H36N4O5/c1-28(2,3)37-27(34)31-10-8-19(9-11-31)26-18-29-24-7-6-20(16-25(24)30-26)32(12-13-33)21-14-22(35-4)17-23(15-21)36-5/h6-7,14-19,33H,8-13H2,1-5H3. The molecule has 37 heavy (non-hydrogen) atoms. The third-order valence-corrected chi connectivity index (χ3v) is 6.39. The van der Waals surface area contributed by atoms with Gasteiger partial charge in [0, 0.05) is 61.3 Å². The molecule has 9 nitrogen and oxygen atoms in total. The number of hydrogen-bond donors (Lipinski definition) is 1. The number of aromatic nitrogens is 2. The van der Waals surface area contributed by atoms with Crippen LogP contribution < -0.4 is 14.4 Å². The SMILES string of the molecule is COc1cc(OC)cc(N(CCO)c2ccc3ncc(C4CCN(C(=O)OC(C)(C)C)CC4)nc3c2)c1. The molecule has 2 aromatic carbocycles. The Morgan fingerprint density at radius 1 is 1.03 bits per heavy atom. The lowest BCUT2D eigenvalue weighted by Gasteiger charge is -2.33. The van der Waals surface area contributed by atoms with Gasteiger partial charge in [0.05, 0.1) is 37.6 Å². The van der Waals surface area contributed by atoms with Crippen molar-refractivity contribution in [2.75, 3.05) is 45.4 Å². The molecule has 3 aromatic rings. The van der Waals surface area contributed by atoms with Crippen LogP contribution in [-0.4, -0.2) is 72.1 Å². The third-order valence-electron chi connectivity index (χ3n) is 6.39. The van der Waals surface area contributed by atoms with Gasteiger partial charge in [0.2, 0.25) is 0 Å². The van der Waals surface area contributed by atoms with E-state index in [1.807, 2.05) is 68.3 Å². The maximum Gasteiger partial charge on any atom is 0.410 e. The van der Waals surface area contributed by atoms with Crippen molar-refractivity contribution in [1.82, 2.24) is 14.9 Å². The number of carbonyl (C=O) groups is 1. The van der Waals surface area contributed by atoms with Crippen molar-refractivity contribution in [2.24, 2.45) is 0 Å². The minimum absolute atomic E-state index is 0.0283. The van der Waals surface area contributed by atoms with E-state index in [0.717, 1.165) is 40.9 Å². The van der Waals surface area contributed by atoms with Crippen LogP contribution in [0.25, 0.3) is 11.0 Å². The molecule has 1 saturated heterocycles. The number of benzene rings is 2. The molecule has 0 bridgehead atoms. The van der Waals surface area contributed by atoms with Crippen molar-refractivity contribution in [3.63, 3.8) is 0 Å². The van der Waals surface area contributed by atoms with Crippen molar-refractivity contribution in [2.45, 2.75) is 45.1 Å². The first-order valence-corrected chi connectivity index (χ1v) is 12.6. The summed E-state index contributed by atoms with van der Waals surface area (Å²) in [6.45, 7) is 7.25. The van der Waals surface area contributed by atoms with Gasteiger partial charge in [-0.05, 0) is 51.8 Å². The molecule has 1 aliphatic heterocycles. The summed E-state index contributed by atoms with van der Waals surface area (Å²) in [7, 11) is 3.22. The summed E-state index contributed by atoms with van der Waals surface area (Å²) >= 11 is 0. The average Bonchev–Trinajstić information content (AvgIpc) is 2.89. The number of nitrogens with zero attached hydrogens (tertiary/aromatic N) is 4. The Morgan fingerprint density at radius 3 is 2.30 bits per heavy atom. The lowest BCUT2D eigenvalue weighted by molar-refractivity contribution is 0.0204. The first-order chi connectivity index (χ1) is 17.7. The highest BCUT2D eigenvalue weighted by Crippen LogP contribution is 2.34. The molecule has 0 spiro atoms. The third kappa shape index (κ3) is 6.40. The fourth-order valence-corrected chi connectivity index (χ4v) is 4.52. The predicted molar refractivity (Wildman–Crippen MR) is 143 cm³/mol. The number of hydrogen-bond acceptors (Lipinski definition) is 8. The number of aliphatic hydroxyl groups excluding tert-OH is 1. The number of ether oxygens (including phenoxy) is 3. The number of carbonyl (C=O) groups excluding carboxylic acids is 1. The van der Waals surface area contributed by atoms with Crippen molar-refractivity contribution in [3.05, 3.63) is 48.3 Å². The maximum atomic E-state index is 12.4. The highest BCUT2D eigenvalue weighted by atomic mass is 16.6. The second kappa shape index (κ2) is 11.2. The monoisotopic (exact) mass is 508 g/mol. The number of aliphatic hydroxyl groups is 1. The van der Waals surface area contributed by atoms with E-state index < -0.39 is 5.60 Å². The van der Waals surface area contributed by atoms with Crippen LogP contribution in [0.1, 0.15) is 45.2 Å². The zero-order valence-electron chi connectivity index (χ0n) is 22.2. The van der Waals surface area contributed by atoms with Crippen molar-refractivity contribution < 1.29 is 24.1 Å². The zero-order chi connectivity index (χ0) is 26.6. The molecule has 0 aliphatic carbocycles. The number of methoxy groups -OCH3 is 2. The summed E-state index contributed by atoms with van der Waals surface area (Å²) in [5.74, 6) is 1.55. The molecule has 0 atom stereocenters. The Bertz CT molecular complexity index is 1210. The van der Waals surface area contributed by atoms with Gasteiger partial charge in [-0.3, -0.25) is 4.98 Å². The highest BCUT2D eigenvalue weighted by molar-refractivity contribution is 5.81. The van der Waals surface area contributed by atoms with E-state index in [-0.39, 0.29) is 18.6 Å². The van der Waals surface area contributed by atoms with E-state index in [1.165, 1.54) is 0 Å². The molecule has 198 valence electrons. The van der Waals surface area contributed by atoms with E-state index >= 15 is 0 Å². The van der Waals surface area contributed by atoms with E-state index in [4.69, 9.17) is 19.2 Å². The van der Waals surface area contributed by atoms with E-state index in [9.17, 15) is 9.90 Å². The van der Waals surface area contributed by atoms with Crippen LogP contribution in [0.3, 0.4) is 0 Å². The summed E-state index contributed by atoms with van der Waals surface area (Å²) in [5.41, 5.74) is 3.71. The Hall–Kier alpha value is -3.59. The number of anilines is 2. The van der Waals surface area contributed by atoms with Crippen LogP contribution in [0.15, 0.2) is 42.6 Å². The zero-order valence-corrected chi connectivity index (χ0v) is 22.2. The molecule has 0 saturated carbocycles. The number of piperidine rings is 1. The largest absolute Gasteiger partial charge is 0.497 e. The topological polar surface area (TPSA) is 97.3 Å². The summed E-state index contributed by atoms with van der Waals surface area (Å²) in [6.07, 6.45) is 3.19. The molecular formula is C28H36N4O5. The molecule has 4 rings (SSSR count). The number of amides is 1. The normalized spacial score (nSPS) is 14.5. The van der Waals surface area contributed by atoms with E-state index in [2.05, 4.69) is 4.98 Å². The van der Waals surface area contributed by atoms with Crippen LogP contribution in [0, 0.1) is 0 Å². The van der Waals surface area contributed by atoms with Gasteiger partial charge in [0.25, 0.3) is 0 Å². The van der Waals surface area contributed by atoms with Crippen LogP contribution >= 0.6 is 0 Å². The summed E-state index contributed by atoms with van der Waals surface area (Å²) in [5, 5.41) is 9.79. The predicted octanol–water partition coefficient (Wildman–Crippen LogP) is 4.89. The van der Waals surface area contributed by atoms with Crippen LogP contribution in [0.4, 0.5) is 16.2 Å². The van der Waals surface area contributed by atoms with Crippen LogP contribution in [0.5, 0.6) is 11.5 Å². The lowest BCUT2D eigenvalue weighted by Crippen LogP contribution is -2.41. The van der Waals surface area contributed by atoms with Crippen LogP contribution in [-0.2, 0) is 4.74 Å². The second-order valence-electron chi connectivity index (χ2n) is 10.2. The maximum absolute atomic E-state index is 12.4. The van der Waals surface area contributed by atoms with Crippen molar-refractivity contribution in [3.8, 4) is 11.5 Å². The minimum Gasteiger partial charge on any atom is -0.497 e. The molecule has 9 heteroatoms. The van der Waals surface area contributed by atoms with Gasteiger partial charge in [-0.25, -0.2) is 9.78 Å². The van der Waals surface area contributed by atoms with E-state index in [0.29, 0.717) is 31.1 Å². The molecular weight excluding hydrogens is 472 g/mol. The van der Waals surface area contributed by atoms with Gasteiger partial charge in [0.15, 0.2) is 0 Å². The summed E-state index contributed by atoms with van der Waals surface area (Å²) < 4.78 is 16.4. The fraction of sp³-hybridized carbons (Fsp3) is 0.464. The molecule has 1 N–H and O–H groups in total. The molecule has 1 amide bonds. The molecule has 1 aliphatic rings. The average molecular weight is 509 g/mol. The Balaban J connectivity index is 1.57. The van der Waals surface area contributed by atoms with E-state index in [1.54, 1.807) is 19.1 Å². The number of likely N-dealkylation sites (tertiary alicyclic amines) is 1. The number of rotatable bonds is 7. The second-order valence-corrected chi connectivity index (χ2v) is 10.2. The Kier molecular flexibility index (Phi) is 8.02. The minimum atomic E-state index is -0.505. The summed E-state index contributed by atoms with van der Waals surface area (Å²) in [6, 6.07) is 11.5.